The minimum Gasteiger partial charge on any atom is -0.348 e. The van der Waals surface area contributed by atoms with Crippen LogP contribution in [-0.2, 0) is 0 Å². The maximum Gasteiger partial charge on any atom is 0.252 e. The second-order valence-corrected chi connectivity index (χ2v) is 6.55. The third-order valence-electron chi connectivity index (χ3n) is 2.93. The van der Waals surface area contributed by atoms with E-state index < -0.39 is 0 Å². The summed E-state index contributed by atoms with van der Waals surface area (Å²) in [4.78, 5) is 12.2. The van der Waals surface area contributed by atoms with Gasteiger partial charge in [-0.05, 0) is 59.7 Å². The molecule has 92 valence electrons. The summed E-state index contributed by atoms with van der Waals surface area (Å²) in [5.41, 5.74) is 1.97. The highest BCUT2D eigenvalue weighted by molar-refractivity contribution is 14.1. The van der Waals surface area contributed by atoms with Gasteiger partial charge in [0, 0.05) is 15.4 Å². The van der Waals surface area contributed by atoms with Gasteiger partial charge in [-0.25, -0.2) is 0 Å². The molecule has 1 atom stereocenters. The summed E-state index contributed by atoms with van der Waals surface area (Å²) in [5.74, 6) is 2.35. The van der Waals surface area contributed by atoms with E-state index in [4.69, 9.17) is 0 Å². The van der Waals surface area contributed by atoms with Crippen LogP contribution < -0.4 is 5.32 Å². The summed E-state index contributed by atoms with van der Waals surface area (Å²) in [7, 11) is 0. The monoisotopic (exact) mass is 361 g/mol. The van der Waals surface area contributed by atoms with Gasteiger partial charge in [-0.15, -0.1) is 0 Å². The van der Waals surface area contributed by atoms with Crippen molar-refractivity contribution in [2.75, 3.05) is 11.5 Å². The predicted molar refractivity (Wildman–Crippen MR) is 81.7 cm³/mol. The van der Waals surface area contributed by atoms with Gasteiger partial charge in [0.1, 0.15) is 0 Å². The number of halogens is 1. The molecule has 1 unspecified atom stereocenters. The highest BCUT2D eigenvalue weighted by atomic mass is 127. The lowest BCUT2D eigenvalue weighted by Crippen LogP contribution is -2.38. The number of benzene rings is 1. The maximum absolute atomic E-state index is 12.2. The van der Waals surface area contributed by atoms with Gasteiger partial charge in [-0.1, -0.05) is 12.1 Å². The first-order chi connectivity index (χ1) is 8.18. The Morgan fingerprint density at radius 3 is 3.06 bits per heavy atom. The standard InChI is InChI=1S/C13H16INOS/c1-9-4-2-6-11(12(9)14)13(16)15-10-5-3-7-17-8-10/h2,4,6,10H,3,5,7-8H2,1H3,(H,15,16). The van der Waals surface area contributed by atoms with Crippen LogP contribution in [0.15, 0.2) is 18.2 Å². The van der Waals surface area contributed by atoms with Crippen molar-refractivity contribution in [1.82, 2.24) is 5.32 Å². The van der Waals surface area contributed by atoms with Gasteiger partial charge in [0.05, 0.1) is 5.56 Å². The van der Waals surface area contributed by atoms with Gasteiger partial charge in [-0.3, -0.25) is 4.79 Å². The summed E-state index contributed by atoms with van der Waals surface area (Å²) in [6, 6.07) is 6.23. The fourth-order valence-corrected chi connectivity index (χ4v) is 3.62. The summed E-state index contributed by atoms with van der Waals surface area (Å²) < 4.78 is 1.06. The summed E-state index contributed by atoms with van der Waals surface area (Å²) in [6.45, 7) is 2.04. The largest absolute Gasteiger partial charge is 0.348 e. The molecule has 2 nitrogen and oxygen atoms in total. The molecule has 1 aromatic rings. The Bertz CT molecular complexity index is 416. The zero-order valence-corrected chi connectivity index (χ0v) is 12.8. The first kappa shape index (κ1) is 13.2. The minimum absolute atomic E-state index is 0.0746. The first-order valence-electron chi connectivity index (χ1n) is 5.82. The van der Waals surface area contributed by atoms with E-state index in [0.29, 0.717) is 6.04 Å². The third kappa shape index (κ3) is 3.37. The van der Waals surface area contributed by atoms with Crippen LogP contribution >= 0.6 is 34.4 Å². The molecule has 1 saturated heterocycles. The molecule has 17 heavy (non-hydrogen) atoms. The third-order valence-corrected chi connectivity index (χ3v) is 5.58. The van der Waals surface area contributed by atoms with E-state index in [1.54, 1.807) is 0 Å². The van der Waals surface area contributed by atoms with Crippen LogP contribution in [-0.4, -0.2) is 23.5 Å². The Hall–Kier alpha value is -0.230. The Morgan fingerprint density at radius 2 is 2.35 bits per heavy atom. The van der Waals surface area contributed by atoms with Crippen LogP contribution in [0.1, 0.15) is 28.8 Å². The minimum atomic E-state index is 0.0746. The summed E-state index contributed by atoms with van der Waals surface area (Å²) in [5, 5.41) is 3.14. The SMILES string of the molecule is Cc1cccc(C(=O)NC2CCCSC2)c1I. The fraction of sp³-hybridized carbons (Fsp3) is 0.462. The molecule has 1 aliphatic rings. The number of hydrogen-bond donors (Lipinski definition) is 1. The molecule has 2 rings (SSSR count). The summed E-state index contributed by atoms with van der Waals surface area (Å²) >= 11 is 4.18. The lowest BCUT2D eigenvalue weighted by Gasteiger charge is -2.22. The van der Waals surface area contributed by atoms with Crippen molar-refractivity contribution >= 4 is 40.3 Å². The second kappa shape index (κ2) is 6.09. The van der Waals surface area contributed by atoms with Crippen LogP contribution in [0.4, 0.5) is 0 Å². The number of hydrogen-bond acceptors (Lipinski definition) is 2. The highest BCUT2D eigenvalue weighted by Crippen LogP contribution is 2.19. The quantitative estimate of drug-likeness (QED) is 0.820. The maximum atomic E-state index is 12.2. The fourth-order valence-electron chi connectivity index (χ4n) is 1.94. The van der Waals surface area contributed by atoms with Crippen LogP contribution in [0.3, 0.4) is 0 Å². The molecule has 0 saturated carbocycles. The van der Waals surface area contributed by atoms with Gasteiger partial charge in [0.15, 0.2) is 0 Å². The van der Waals surface area contributed by atoms with Crippen molar-refractivity contribution in [3.63, 3.8) is 0 Å². The number of thioether (sulfide) groups is 1. The average molecular weight is 361 g/mol. The van der Waals surface area contributed by atoms with E-state index in [1.807, 2.05) is 36.9 Å². The van der Waals surface area contributed by atoms with Gasteiger partial charge >= 0.3 is 0 Å². The number of aryl methyl sites for hydroxylation is 1. The molecule has 1 aliphatic heterocycles. The van der Waals surface area contributed by atoms with Crippen molar-refractivity contribution in [1.29, 1.82) is 0 Å². The zero-order chi connectivity index (χ0) is 12.3. The summed E-state index contributed by atoms with van der Waals surface area (Å²) in [6.07, 6.45) is 2.32. The van der Waals surface area contributed by atoms with Crippen LogP contribution in [0.5, 0.6) is 0 Å². The molecule has 0 aromatic heterocycles. The molecule has 1 heterocycles. The molecule has 4 heteroatoms. The molecule has 0 aliphatic carbocycles. The Morgan fingerprint density at radius 1 is 1.53 bits per heavy atom. The Labute approximate surface area is 120 Å². The number of carbonyl (C=O) groups excluding carboxylic acids is 1. The lowest BCUT2D eigenvalue weighted by atomic mass is 10.1. The van der Waals surface area contributed by atoms with E-state index >= 15 is 0 Å². The topological polar surface area (TPSA) is 29.1 Å². The predicted octanol–water partition coefficient (Wildman–Crippen LogP) is 3.23. The Balaban J connectivity index is 2.06. The highest BCUT2D eigenvalue weighted by Gasteiger charge is 2.18. The Kier molecular flexibility index (Phi) is 4.73. The van der Waals surface area contributed by atoms with Gasteiger partial charge < -0.3 is 5.32 Å². The van der Waals surface area contributed by atoms with Crippen molar-refractivity contribution < 1.29 is 4.79 Å². The first-order valence-corrected chi connectivity index (χ1v) is 8.05. The number of amides is 1. The van der Waals surface area contributed by atoms with E-state index in [9.17, 15) is 4.79 Å². The van der Waals surface area contributed by atoms with Crippen molar-refractivity contribution in [3.05, 3.63) is 32.9 Å². The molecule has 1 amide bonds. The van der Waals surface area contributed by atoms with Gasteiger partial charge in [0.2, 0.25) is 0 Å². The van der Waals surface area contributed by atoms with E-state index in [0.717, 1.165) is 26.9 Å². The second-order valence-electron chi connectivity index (χ2n) is 4.32. The lowest BCUT2D eigenvalue weighted by molar-refractivity contribution is 0.0937. The normalized spacial score (nSPS) is 20.0. The van der Waals surface area contributed by atoms with Crippen LogP contribution in [0.25, 0.3) is 0 Å². The number of nitrogens with one attached hydrogen (secondary N) is 1. The van der Waals surface area contributed by atoms with E-state index in [2.05, 4.69) is 27.9 Å². The zero-order valence-electron chi connectivity index (χ0n) is 9.83. The molecule has 1 N–H and O–H groups in total. The van der Waals surface area contributed by atoms with Gasteiger partial charge in [0.25, 0.3) is 5.91 Å². The van der Waals surface area contributed by atoms with E-state index in [-0.39, 0.29) is 5.91 Å². The molecule has 0 spiro atoms. The van der Waals surface area contributed by atoms with Crippen molar-refractivity contribution in [2.24, 2.45) is 0 Å². The van der Waals surface area contributed by atoms with Gasteiger partial charge in [-0.2, -0.15) is 11.8 Å². The molecular formula is C13H16INOS. The van der Waals surface area contributed by atoms with E-state index in [1.165, 1.54) is 12.2 Å². The average Bonchev–Trinajstić information content (AvgIpc) is 2.34. The molecule has 0 bridgehead atoms. The molecule has 1 aromatic carbocycles. The molecule has 1 fully saturated rings. The van der Waals surface area contributed by atoms with Crippen LogP contribution in [0, 0.1) is 10.5 Å². The molecule has 0 radical (unpaired) electrons. The van der Waals surface area contributed by atoms with Crippen molar-refractivity contribution in [2.45, 2.75) is 25.8 Å². The number of carbonyl (C=O) groups is 1. The van der Waals surface area contributed by atoms with Crippen molar-refractivity contribution in [3.8, 4) is 0 Å². The van der Waals surface area contributed by atoms with Crippen LogP contribution in [0.2, 0.25) is 0 Å². The number of rotatable bonds is 2. The smallest absolute Gasteiger partial charge is 0.252 e. The molecular weight excluding hydrogens is 345 g/mol.